The summed E-state index contributed by atoms with van der Waals surface area (Å²) in [5, 5.41) is 33.8. The zero-order chi connectivity index (χ0) is 29.6. The van der Waals surface area contributed by atoms with E-state index in [9.17, 15) is 20.0 Å². The van der Waals surface area contributed by atoms with Crippen LogP contribution < -0.4 is 5.43 Å². The minimum Gasteiger partial charge on any atom is -0.393 e. The Kier molecular flexibility index (Phi) is 8.47. The maximum Gasteiger partial charge on any atom is 0.135 e. The molecule has 8 nitrogen and oxygen atoms in total. The van der Waals surface area contributed by atoms with Crippen molar-refractivity contribution in [3.63, 3.8) is 0 Å². The molecule has 10 atom stereocenters. The highest BCUT2D eigenvalue weighted by Crippen LogP contribution is 2.72. The fourth-order valence-corrected chi connectivity index (χ4v) is 10.3. The molecule has 0 saturated heterocycles. The molecule has 0 spiro atoms. The van der Waals surface area contributed by atoms with Gasteiger partial charge in [0, 0.05) is 24.0 Å². The van der Waals surface area contributed by atoms with Crippen molar-refractivity contribution in [1.82, 2.24) is 0 Å². The van der Waals surface area contributed by atoms with E-state index >= 15 is 0 Å². The lowest BCUT2D eigenvalue weighted by Gasteiger charge is -2.52. The molecule has 4 aliphatic carbocycles. The average Bonchev–Trinajstić information content (AvgIpc) is 3.38. The van der Waals surface area contributed by atoms with E-state index < -0.39 is 11.7 Å². The number of nitrogens with one attached hydrogen (secondary N) is 1. The first-order valence-corrected chi connectivity index (χ1v) is 16.0. The Labute approximate surface area is 245 Å². The number of aliphatic hydroxyl groups excluding tert-OH is 1. The van der Waals surface area contributed by atoms with Crippen LogP contribution in [-0.2, 0) is 0 Å². The van der Waals surface area contributed by atoms with E-state index in [0.29, 0.717) is 35.8 Å². The minimum atomic E-state index is -1.05. The van der Waals surface area contributed by atoms with Gasteiger partial charge in [-0.25, -0.2) is 0 Å². The lowest BCUT2D eigenvalue weighted by atomic mass is 9.53. The molecule has 1 aromatic carbocycles. The highest BCUT2D eigenvalue weighted by molar-refractivity contribution is 5.72. The van der Waals surface area contributed by atoms with Crippen LogP contribution >= 0.6 is 0 Å². The average molecular weight is 567 g/mol. The van der Waals surface area contributed by atoms with Crippen molar-refractivity contribution in [1.29, 1.82) is 0 Å². The summed E-state index contributed by atoms with van der Waals surface area (Å²) in [5.74, 6) is 3.10. The van der Waals surface area contributed by atoms with Crippen LogP contribution in [0.15, 0.2) is 33.7 Å². The maximum atomic E-state index is 12.6. The van der Waals surface area contributed by atoms with Gasteiger partial charge in [0.1, 0.15) is 11.4 Å². The second-order valence-electron chi connectivity index (χ2n) is 14.9. The van der Waals surface area contributed by atoms with E-state index in [1.165, 1.54) is 50.7 Å². The number of nitroso groups, excluding NO2 is 2. The molecule has 4 fully saturated rings. The Morgan fingerprint density at radius 3 is 2.51 bits per heavy atom. The number of hydrazone groups is 1. The van der Waals surface area contributed by atoms with Crippen LogP contribution in [0, 0.1) is 62.1 Å². The zero-order valence-corrected chi connectivity index (χ0v) is 25.6. The number of hydrogen-bond donors (Lipinski definition) is 3. The number of anilines is 1. The summed E-state index contributed by atoms with van der Waals surface area (Å²) in [6.45, 7) is 11.9. The summed E-state index contributed by atoms with van der Waals surface area (Å²) in [6, 6.07) is 4.42. The molecule has 1 aromatic rings. The van der Waals surface area contributed by atoms with Crippen molar-refractivity contribution in [2.45, 2.75) is 111 Å². The number of hydrogen-bond acceptors (Lipinski definition) is 8. The van der Waals surface area contributed by atoms with Crippen LogP contribution in [0.4, 0.5) is 17.1 Å². The third kappa shape index (κ3) is 5.07. The smallest absolute Gasteiger partial charge is 0.135 e. The van der Waals surface area contributed by atoms with Gasteiger partial charge in [0.05, 0.1) is 17.4 Å². The van der Waals surface area contributed by atoms with Gasteiger partial charge >= 0.3 is 0 Å². The topological polar surface area (TPSA) is 124 Å². The number of rotatable bonds is 10. The summed E-state index contributed by atoms with van der Waals surface area (Å²) in [7, 11) is 0. The van der Waals surface area contributed by atoms with E-state index in [1.807, 2.05) is 6.21 Å². The van der Waals surface area contributed by atoms with Crippen LogP contribution in [-0.4, -0.2) is 28.1 Å². The van der Waals surface area contributed by atoms with Crippen LogP contribution in [0.3, 0.4) is 0 Å². The second-order valence-corrected chi connectivity index (χ2v) is 14.9. The highest BCUT2D eigenvalue weighted by atomic mass is 16.3. The summed E-state index contributed by atoms with van der Waals surface area (Å²) in [6.07, 6.45) is 11.9. The summed E-state index contributed by atoms with van der Waals surface area (Å²) in [4.78, 5) is 22.3. The molecule has 8 heteroatoms. The van der Waals surface area contributed by atoms with E-state index in [1.54, 1.807) is 6.07 Å². The van der Waals surface area contributed by atoms with Gasteiger partial charge in [-0.3, -0.25) is 5.43 Å². The standard InChI is InChI=1S/C33H50N4O4/c1-20(2)7-6-8-21(3)24-10-11-25-30-26(14-15-31(24,25)4)32(5)16-13-23(38)18-33(32,39)27(30)19-34-35-28-12-9-22(36-40)17-29(28)37-41/h9,12,17,19-21,23-27,30,35,38-39H,6-8,10-11,13-16,18H2,1-5H3/b34-19+/t21-,23+,24-,25?,26?,27-,30?,31-,32-,33-/m1/s1. The molecule has 4 saturated carbocycles. The van der Waals surface area contributed by atoms with Gasteiger partial charge in [0.15, 0.2) is 0 Å². The Balaban J connectivity index is 1.45. The third-order valence-electron chi connectivity index (χ3n) is 12.5. The van der Waals surface area contributed by atoms with E-state index in [4.69, 9.17) is 0 Å². The van der Waals surface area contributed by atoms with Crippen molar-refractivity contribution in [2.24, 2.45) is 67.7 Å². The van der Waals surface area contributed by atoms with Gasteiger partial charge in [0.2, 0.25) is 0 Å². The van der Waals surface area contributed by atoms with Gasteiger partial charge in [-0.1, -0.05) is 53.9 Å². The Bertz CT molecular complexity index is 1160. The summed E-state index contributed by atoms with van der Waals surface area (Å²) >= 11 is 0. The monoisotopic (exact) mass is 566 g/mol. The normalized spacial score (nSPS) is 40.7. The van der Waals surface area contributed by atoms with Crippen molar-refractivity contribution < 1.29 is 10.2 Å². The van der Waals surface area contributed by atoms with Crippen LogP contribution in [0.25, 0.3) is 0 Å². The molecule has 3 unspecified atom stereocenters. The molecule has 3 N–H and O–H groups in total. The fraction of sp³-hybridized carbons (Fsp3) is 0.788. The molecular weight excluding hydrogens is 516 g/mol. The molecule has 0 amide bonds. The molecule has 0 aromatic heterocycles. The molecular formula is C33H50N4O4. The number of fused-ring (bicyclic) bond motifs is 5. The van der Waals surface area contributed by atoms with Gasteiger partial charge in [0.25, 0.3) is 0 Å². The van der Waals surface area contributed by atoms with Gasteiger partial charge in [-0.05, 0) is 108 Å². The molecule has 0 radical (unpaired) electrons. The fourth-order valence-electron chi connectivity index (χ4n) is 10.3. The quantitative estimate of drug-likeness (QED) is 0.149. The predicted molar refractivity (Wildman–Crippen MR) is 164 cm³/mol. The van der Waals surface area contributed by atoms with Gasteiger partial charge < -0.3 is 10.2 Å². The predicted octanol–water partition coefficient (Wildman–Crippen LogP) is 8.31. The van der Waals surface area contributed by atoms with Gasteiger partial charge in [-0.15, -0.1) is 9.81 Å². The van der Waals surface area contributed by atoms with Crippen LogP contribution in [0.1, 0.15) is 98.8 Å². The molecule has 226 valence electrons. The highest BCUT2D eigenvalue weighted by Gasteiger charge is 2.71. The van der Waals surface area contributed by atoms with E-state index in [0.717, 1.165) is 25.2 Å². The number of aliphatic hydroxyl groups is 2. The molecule has 5 rings (SSSR count). The molecule has 0 aliphatic heterocycles. The Morgan fingerprint density at radius 2 is 1.80 bits per heavy atom. The number of benzene rings is 1. The number of nitrogens with zero attached hydrogens (tertiary/aromatic N) is 3. The lowest BCUT2D eigenvalue weighted by Crippen LogP contribution is -2.54. The Hall–Kier alpha value is -2.19. The zero-order valence-electron chi connectivity index (χ0n) is 25.6. The Morgan fingerprint density at radius 1 is 1.02 bits per heavy atom. The van der Waals surface area contributed by atoms with Crippen molar-refractivity contribution in [3.05, 3.63) is 28.0 Å². The largest absolute Gasteiger partial charge is 0.393 e. The first kappa shape index (κ1) is 30.3. The lowest BCUT2D eigenvalue weighted by molar-refractivity contribution is -0.141. The van der Waals surface area contributed by atoms with Crippen molar-refractivity contribution in [3.8, 4) is 0 Å². The first-order valence-electron chi connectivity index (χ1n) is 16.0. The molecule has 0 bridgehead atoms. The van der Waals surface area contributed by atoms with Crippen molar-refractivity contribution >= 4 is 23.3 Å². The minimum absolute atomic E-state index is 0.0653. The molecule has 4 aliphatic rings. The SMILES string of the molecule is CC(C)CCC[C@@H](C)[C@H]1CCC2C3C(CC[C@@]21C)[C@@]1(C)CC[C@H](O)C[C@@]1(O)[C@@H]3/C=N/Nc1ccc(N=O)cc1N=O. The van der Waals surface area contributed by atoms with E-state index in [2.05, 4.69) is 55.5 Å². The van der Waals surface area contributed by atoms with Gasteiger partial charge in [-0.2, -0.15) is 5.10 Å². The van der Waals surface area contributed by atoms with Crippen molar-refractivity contribution in [2.75, 3.05) is 5.43 Å². The van der Waals surface area contributed by atoms with Crippen LogP contribution in [0.2, 0.25) is 0 Å². The molecule has 0 heterocycles. The molecule has 41 heavy (non-hydrogen) atoms. The third-order valence-corrected chi connectivity index (χ3v) is 12.5. The maximum absolute atomic E-state index is 12.6. The summed E-state index contributed by atoms with van der Waals surface area (Å²) in [5.41, 5.74) is 2.46. The first-order chi connectivity index (χ1) is 19.5. The van der Waals surface area contributed by atoms with E-state index in [-0.39, 0.29) is 34.0 Å². The summed E-state index contributed by atoms with van der Waals surface area (Å²) < 4.78 is 0. The second kappa shape index (κ2) is 11.5. The van der Waals surface area contributed by atoms with Crippen LogP contribution in [0.5, 0.6) is 0 Å².